The van der Waals surface area contributed by atoms with Crippen LogP contribution in [-0.2, 0) is 0 Å². The van der Waals surface area contributed by atoms with Gasteiger partial charge in [0.25, 0.3) is 0 Å². The lowest BCUT2D eigenvalue weighted by Crippen LogP contribution is -1.96. The van der Waals surface area contributed by atoms with E-state index in [0.717, 1.165) is 24.2 Å². The van der Waals surface area contributed by atoms with Crippen molar-refractivity contribution in [2.45, 2.75) is 19.8 Å². The number of ketones is 1. The second-order valence-electron chi connectivity index (χ2n) is 4.95. The molecular weight excluding hydrogens is 296 g/mol. The van der Waals surface area contributed by atoms with E-state index in [0.29, 0.717) is 17.2 Å². The van der Waals surface area contributed by atoms with E-state index < -0.39 is 0 Å². The van der Waals surface area contributed by atoms with Crippen LogP contribution in [0.3, 0.4) is 0 Å². The van der Waals surface area contributed by atoms with Crippen molar-refractivity contribution in [2.24, 2.45) is 0 Å². The minimum atomic E-state index is -0.108. The van der Waals surface area contributed by atoms with Crippen molar-refractivity contribution in [3.05, 3.63) is 70.8 Å². The minimum absolute atomic E-state index is 0.108. The number of allylic oxidation sites excluding steroid dienone is 1. The summed E-state index contributed by atoms with van der Waals surface area (Å²) in [6.45, 7) is 2.84. The fourth-order valence-corrected chi connectivity index (χ4v) is 2.19. The van der Waals surface area contributed by atoms with Crippen molar-refractivity contribution in [1.82, 2.24) is 0 Å². The first kappa shape index (κ1) is 16.3. The summed E-state index contributed by atoms with van der Waals surface area (Å²) in [5.41, 5.74) is 1.44. The molecule has 3 heteroatoms. The molecule has 0 saturated carbocycles. The summed E-state index contributed by atoms with van der Waals surface area (Å²) < 4.78 is 5.66. The second-order valence-corrected chi connectivity index (χ2v) is 5.36. The van der Waals surface area contributed by atoms with Crippen molar-refractivity contribution in [1.29, 1.82) is 0 Å². The van der Waals surface area contributed by atoms with Crippen LogP contribution in [0.5, 0.6) is 5.75 Å². The Morgan fingerprint density at radius 1 is 1.18 bits per heavy atom. The molecule has 0 saturated heterocycles. The van der Waals surface area contributed by atoms with Gasteiger partial charge in [-0.2, -0.15) is 0 Å². The zero-order valence-corrected chi connectivity index (χ0v) is 13.3. The van der Waals surface area contributed by atoms with Crippen molar-refractivity contribution in [3.63, 3.8) is 0 Å². The highest BCUT2D eigenvalue weighted by Crippen LogP contribution is 2.18. The monoisotopic (exact) mass is 314 g/mol. The maximum atomic E-state index is 12.1. The van der Waals surface area contributed by atoms with Crippen LogP contribution in [-0.4, -0.2) is 12.4 Å². The molecule has 0 aliphatic rings. The average molecular weight is 315 g/mol. The standard InChI is InChI=1S/C19H19ClO2/c1-2-3-13-22-16-8-6-7-15(14-16)11-12-19(21)17-9-4-5-10-18(17)20/h4-12,14H,2-3,13H2,1H3/b12-11+. The van der Waals surface area contributed by atoms with Gasteiger partial charge in [-0.05, 0) is 42.3 Å². The van der Waals surface area contributed by atoms with E-state index in [2.05, 4.69) is 6.92 Å². The number of hydrogen-bond donors (Lipinski definition) is 0. The predicted octanol–water partition coefficient (Wildman–Crippen LogP) is 5.42. The van der Waals surface area contributed by atoms with E-state index in [1.165, 1.54) is 6.08 Å². The molecule has 0 N–H and O–H groups in total. The maximum absolute atomic E-state index is 12.1. The highest BCUT2D eigenvalue weighted by atomic mass is 35.5. The zero-order valence-electron chi connectivity index (χ0n) is 12.6. The SMILES string of the molecule is CCCCOc1cccc(/C=C/C(=O)c2ccccc2Cl)c1. The predicted molar refractivity (Wildman–Crippen MR) is 91.7 cm³/mol. The Balaban J connectivity index is 2.05. The summed E-state index contributed by atoms with van der Waals surface area (Å²) in [5.74, 6) is 0.712. The Bertz CT molecular complexity index is 662. The Hall–Kier alpha value is -2.06. The molecule has 0 bridgehead atoms. The van der Waals surface area contributed by atoms with Crippen LogP contribution < -0.4 is 4.74 Å². The number of benzene rings is 2. The van der Waals surface area contributed by atoms with Gasteiger partial charge >= 0.3 is 0 Å². The lowest BCUT2D eigenvalue weighted by atomic mass is 10.1. The van der Waals surface area contributed by atoms with E-state index in [1.54, 1.807) is 30.3 Å². The molecule has 0 heterocycles. The molecule has 2 aromatic carbocycles. The summed E-state index contributed by atoms with van der Waals surface area (Å²) in [7, 11) is 0. The molecular formula is C19H19ClO2. The molecule has 0 unspecified atom stereocenters. The number of unbranched alkanes of at least 4 members (excludes halogenated alkanes) is 1. The van der Waals surface area contributed by atoms with Gasteiger partial charge in [0.05, 0.1) is 11.6 Å². The molecule has 0 radical (unpaired) electrons. The number of ether oxygens (including phenoxy) is 1. The van der Waals surface area contributed by atoms with E-state index in [9.17, 15) is 4.79 Å². The zero-order chi connectivity index (χ0) is 15.8. The van der Waals surface area contributed by atoms with Gasteiger partial charge in [0.2, 0.25) is 0 Å². The Labute approximate surface area is 136 Å². The molecule has 2 nitrogen and oxygen atoms in total. The van der Waals surface area contributed by atoms with Crippen LogP contribution in [0.2, 0.25) is 5.02 Å². The number of carbonyl (C=O) groups is 1. The van der Waals surface area contributed by atoms with Gasteiger partial charge in [-0.3, -0.25) is 4.79 Å². The summed E-state index contributed by atoms with van der Waals surface area (Å²) in [4.78, 5) is 12.1. The fourth-order valence-electron chi connectivity index (χ4n) is 1.97. The van der Waals surface area contributed by atoms with E-state index in [4.69, 9.17) is 16.3 Å². The molecule has 0 aliphatic carbocycles. The van der Waals surface area contributed by atoms with Crippen molar-refractivity contribution < 1.29 is 9.53 Å². The number of carbonyl (C=O) groups excluding carboxylic acids is 1. The van der Waals surface area contributed by atoms with E-state index in [1.807, 2.05) is 24.3 Å². The van der Waals surface area contributed by atoms with Gasteiger partial charge in [-0.1, -0.05) is 55.3 Å². The summed E-state index contributed by atoms with van der Waals surface area (Å²) in [5, 5.41) is 0.466. The van der Waals surface area contributed by atoms with Gasteiger partial charge in [0, 0.05) is 5.56 Å². The third kappa shape index (κ3) is 4.74. The van der Waals surface area contributed by atoms with Gasteiger partial charge < -0.3 is 4.74 Å². The van der Waals surface area contributed by atoms with Crippen LogP contribution in [0, 0.1) is 0 Å². The van der Waals surface area contributed by atoms with Crippen LogP contribution in [0.15, 0.2) is 54.6 Å². The first-order valence-electron chi connectivity index (χ1n) is 7.40. The fraction of sp³-hybridized carbons (Fsp3) is 0.211. The Morgan fingerprint density at radius 2 is 2.00 bits per heavy atom. The smallest absolute Gasteiger partial charge is 0.187 e. The van der Waals surface area contributed by atoms with Crippen molar-refractivity contribution in [2.75, 3.05) is 6.61 Å². The maximum Gasteiger partial charge on any atom is 0.187 e. The first-order valence-corrected chi connectivity index (χ1v) is 7.78. The van der Waals surface area contributed by atoms with Crippen LogP contribution in [0.25, 0.3) is 6.08 Å². The largest absolute Gasteiger partial charge is 0.494 e. The van der Waals surface area contributed by atoms with Crippen molar-refractivity contribution >= 4 is 23.5 Å². The number of hydrogen-bond acceptors (Lipinski definition) is 2. The van der Waals surface area contributed by atoms with Gasteiger partial charge in [-0.25, -0.2) is 0 Å². The molecule has 0 atom stereocenters. The van der Waals surface area contributed by atoms with E-state index in [-0.39, 0.29) is 5.78 Å². The molecule has 0 amide bonds. The van der Waals surface area contributed by atoms with Gasteiger partial charge in [0.1, 0.15) is 5.75 Å². The van der Waals surface area contributed by atoms with Crippen LogP contribution in [0.1, 0.15) is 35.7 Å². The lowest BCUT2D eigenvalue weighted by Gasteiger charge is -2.05. The molecule has 0 spiro atoms. The quantitative estimate of drug-likeness (QED) is 0.388. The topological polar surface area (TPSA) is 26.3 Å². The molecule has 114 valence electrons. The first-order chi connectivity index (χ1) is 10.7. The normalized spacial score (nSPS) is 10.8. The minimum Gasteiger partial charge on any atom is -0.494 e. The summed E-state index contributed by atoms with van der Waals surface area (Å²) in [6.07, 6.45) is 5.45. The molecule has 2 aromatic rings. The van der Waals surface area contributed by atoms with Gasteiger partial charge in [0.15, 0.2) is 5.78 Å². The highest BCUT2D eigenvalue weighted by molar-refractivity contribution is 6.34. The third-order valence-corrected chi connectivity index (χ3v) is 3.52. The molecule has 2 rings (SSSR count). The summed E-state index contributed by atoms with van der Waals surface area (Å²) in [6, 6.07) is 14.7. The molecule has 0 aliphatic heterocycles. The molecule has 22 heavy (non-hydrogen) atoms. The van der Waals surface area contributed by atoms with Crippen LogP contribution in [0.4, 0.5) is 0 Å². The molecule has 0 fully saturated rings. The second kappa shape index (κ2) is 8.40. The van der Waals surface area contributed by atoms with E-state index >= 15 is 0 Å². The van der Waals surface area contributed by atoms with Crippen LogP contribution >= 0.6 is 11.6 Å². The molecule has 0 aromatic heterocycles. The Kier molecular flexibility index (Phi) is 6.23. The van der Waals surface area contributed by atoms with Crippen molar-refractivity contribution in [3.8, 4) is 5.75 Å². The number of halogens is 1. The average Bonchev–Trinajstić information content (AvgIpc) is 2.54. The third-order valence-electron chi connectivity index (χ3n) is 3.19. The summed E-state index contributed by atoms with van der Waals surface area (Å²) >= 11 is 6.02. The lowest BCUT2D eigenvalue weighted by molar-refractivity contribution is 0.104. The van der Waals surface area contributed by atoms with Gasteiger partial charge in [-0.15, -0.1) is 0 Å². The highest BCUT2D eigenvalue weighted by Gasteiger charge is 2.05. The Morgan fingerprint density at radius 3 is 2.77 bits per heavy atom. The number of rotatable bonds is 7.